The van der Waals surface area contributed by atoms with Crippen LogP contribution in [0, 0.1) is 5.92 Å². The summed E-state index contributed by atoms with van der Waals surface area (Å²) >= 11 is 0. The van der Waals surface area contributed by atoms with Gasteiger partial charge in [-0.1, -0.05) is 31.4 Å². The fourth-order valence-electron chi connectivity index (χ4n) is 2.15. The Morgan fingerprint density at radius 2 is 2.19 bits per heavy atom. The van der Waals surface area contributed by atoms with E-state index in [9.17, 15) is 4.79 Å². The van der Waals surface area contributed by atoms with Crippen LogP contribution in [0.4, 0.5) is 5.69 Å². The number of Topliss-reactive ketones (excluding diaryl/α,β-unsaturated/α-hetero) is 1. The number of nitrogens with two attached hydrogens (primary N) is 1. The summed E-state index contributed by atoms with van der Waals surface area (Å²) < 4.78 is 0. The first-order chi connectivity index (χ1) is 7.74. The van der Waals surface area contributed by atoms with Crippen LogP contribution in [0.15, 0.2) is 24.3 Å². The minimum absolute atomic E-state index is 0.409. The summed E-state index contributed by atoms with van der Waals surface area (Å²) in [5.41, 5.74) is 7.64. The molecule has 0 amide bonds. The second kappa shape index (κ2) is 5.15. The molecule has 1 aromatic carbocycles. The number of carbonyl (C=O) groups is 1. The smallest absolute Gasteiger partial charge is 0.133 e. The van der Waals surface area contributed by atoms with E-state index in [1.807, 2.05) is 24.3 Å². The van der Waals surface area contributed by atoms with E-state index in [0.29, 0.717) is 18.1 Å². The van der Waals surface area contributed by atoms with E-state index in [1.54, 1.807) is 0 Å². The lowest BCUT2D eigenvalue weighted by molar-refractivity contribution is -0.120. The van der Waals surface area contributed by atoms with Gasteiger partial charge in [-0.2, -0.15) is 0 Å². The highest BCUT2D eigenvalue weighted by Crippen LogP contribution is 2.29. The van der Waals surface area contributed by atoms with Gasteiger partial charge in [-0.25, -0.2) is 0 Å². The van der Waals surface area contributed by atoms with E-state index < -0.39 is 0 Å². The molecule has 0 radical (unpaired) electrons. The molecule has 0 unspecified atom stereocenters. The zero-order chi connectivity index (χ0) is 11.4. The highest BCUT2D eigenvalue weighted by molar-refractivity contribution is 5.79. The summed E-state index contributed by atoms with van der Waals surface area (Å²) in [7, 11) is 0. The zero-order valence-electron chi connectivity index (χ0n) is 9.61. The fourth-order valence-corrected chi connectivity index (χ4v) is 2.15. The number of nitrogen functional groups attached to an aromatic ring is 1. The SMILES string of the molecule is Nc1cccc(CCC(=O)CC2CCC2)c1. The molecule has 0 spiro atoms. The van der Waals surface area contributed by atoms with Crippen molar-refractivity contribution in [1.82, 2.24) is 0 Å². The number of carbonyl (C=O) groups excluding carboxylic acids is 1. The minimum atomic E-state index is 0.409. The summed E-state index contributed by atoms with van der Waals surface area (Å²) in [6, 6.07) is 7.81. The van der Waals surface area contributed by atoms with Gasteiger partial charge in [0.15, 0.2) is 0 Å². The van der Waals surface area contributed by atoms with Crippen molar-refractivity contribution in [1.29, 1.82) is 0 Å². The largest absolute Gasteiger partial charge is 0.399 e. The lowest BCUT2D eigenvalue weighted by atomic mass is 9.81. The Hall–Kier alpha value is -1.31. The first-order valence-electron chi connectivity index (χ1n) is 6.10. The molecule has 0 bridgehead atoms. The number of hydrogen-bond donors (Lipinski definition) is 1. The van der Waals surface area contributed by atoms with Gasteiger partial charge in [0.25, 0.3) is 0 Å². The Kier molecular flexibility index (Phi) is 3.60. The average Bonchev–Trinajstić information content (AvgIpc) is 2.21. The van der Waals surface area contributed by atoms with Crippen LogP contribution in [0.5, 0.6) is 0 Å². The van der Waals surface area contributed by atoms with Crippen molar-refractivity contribution >= 4 is 11.5 Å². The number of benzene rings is 1. The van der Waals surface area contributed by atoms with Gasteiger partial charge >= 0.3 is 0 Å². The molecule has 86 valence electrons. The maximum Gasteiger partial charge on any atom is 0.133 e. The molecule has 1 fully saturated rings. The molecule has 16 heavy (non-hydrogen) atoms. The third-order valence-electron chi connectivity index (χ3n) is 3.38. The average molecular weight is 217 g/mol. The molecule has 0 heterocycles. The molecule has 0 aliphatic heterocycles. The summed E-state index contributed by atoms with van der Waals surface area (Å²) in [5.74, 6) is 1.10. The Morgan fingerprint density at radius 1 is 1.38 bits per heavy atom. The summed E-state index contributed by atoms with van der Waals surface area (Å²) in [6.45, 7) is 0. The van der Waals surface area contributed by atoms with E-state index in [-0.39, 0.29) is 0 Å². The maximum atomic E-state index is 11.7. The Labute approximate surface area is 96.8 Å². The number of hydrogen-bond acceptors (Lipinski definition) is 2. The van der Waals surface area contributed by atoms with Gasteiger partial charge < -0.3 is 5.73 Å². The summed E-state index contributed by atoms with van der Waals surface area (Å²) in [5, 5.41) is 0. The van der Waals surface area contributed by atoms with Crippen LogP contribution in [0.1, 0.15) is 37.7 Å². The lowest BCUT2D eigenvalue weighted by Gasteiger charge is -2.24. The normalized spacial score (nSPS) is 15.8. The van der Waals surface area contributed by atoms with Gasteiger partial charge in [-0.3, -0.25) is 4.79 Å². The Morgan fingerprint density at radius 3 is 2.81 bits per heavy atom. The molecular formula is C14H19NO. The van der Waals surface area contributed by atoms with E-state index in [4.69, 9.17) is 5.73 Å². The van der Waals surface area contributed by atoms with Crippen LogP contribution in [0.25, 0.3) is 0 Å². The number of aryl methyl sites for hydroxylation is 1. The predicted molar refractivity (Wildman–Crippen MR) is 66.1 cm³/mol. The van der Waals surface area contributed by atoms with Crippen LogP contribution >= 0.6 is 0 Å². The number of rotatable bonds is 5. The first kappa shape index (κ1) is 11.2. The molecule has 1 aliphatic rings. The summed E-state index contributed by atoms with van der Waals surface area (Å²) in [4.78, 5) is 11.7. The van der Waals surface area contributed by atoms with Gasteiger partial charge in [0.2, 0.25) is 0 Å². The van der Waals surface area contributed by atoms with Gasteiger partial charge in [0.05, 0.1) is 0 Å². The molecule has 1 aliphatic carbocycles. The molecule has 2 rings (SSSR count). The zero-order valence-corrected chi connectivity index (χ0v) is 9.61. The van der Waals surface area contributed by atoms with Crippen molar-refractivity contribution in [2.75, 3.05) is 5.73 Å². The predicted octanol–water partition coefficient (Wildman–Crippen LogP) is 2.96. The van der Waals surface area contributed by atoms with Crippen LogP contribution in [0.2, 0.25) is 0 Å². The molecular weight excluding hydrogens is 198 g/mol. The monoisotopic (exact) mass is 217 g/mol. The maximum absolute atomic E-state index is 11.7. The topological polar surface area (TPSA) is 43.1 Å². The molecule has 0 aromatic heterocycles. The second-order valence-electron chi connectivity index (χ2n) is 4.78. The Bertz CT molecular complexity index is 369. The van der Waals surface area contributed by atoms with Crippen LogP contribution < -0.4 is 5.73 Å². The lowest BCUT2D eigenvalue weighted by Crippen LogP contribution is -2.16. The van der Waals surface area contributed by atoms with Gasteiger partial charge in [-0.05, 0) is 30.0 Å². The van der Waals surface area contributed by atoms with E-state index in [2.05, 4.69) is 0 Å². The van der Waals surface area contributed by atoms with Crippen molar-refractivity contribution in [2.45, 2.75) is 38.5 Å². The van der Waals surface area contributed by atoms with Gasteiger partial charge in [0.1, 0.15) is 5.78 Å². The Balaban J connectivity index is 1.75. The fraction of sp³-hybridized carbons (Fsp3) is 0.500. The number of ketones is 1. The van der Waals surface area contributed by atoms with Crippen molar-refractivity contribution < 1.29 is 4.79 Å². The second-order valence-corrected chi connectivity index (χ2v) is 4.78. The standard InChI is InChI=1S/C14H19NO/c15-13-6-2-5-12(9-13)7-8-14(16)10-11-3-1-4-11/h2,5-6,9,11H,1,3-4,7-8,10,15H2. The molecule has 1 aromatic rings. The molecule has 0 saturated heterocycles. The highest BCUT2D eigenvalue weighted by Gasteiger charge is 2.20. The van der Waals surface area contributed by atoms with E-state index in [0.717, 1.165) is 18.5 Å². The van der Waals surface area contributed by atoms with E-state index in [1.165, 1.54) is 24.8 Å². The first-order valence-corrected chi connectivity index (χ1v) is 6.10. The minimum Gasteiger partial charge on any atom is -0.399 e. The van der Waals surface area contributed by atoms with Crippen LogP contribution in [0.3, 0.4) is 0 Å². The van der Waals surface area contributed by atoms with Crippen LogP contribution in [-0.2, 0) is 11.2 Å². The van der Waals surface area contributed by atoms with Crippen molar-refractivity contribution in [3.8, 4) is 0 Å². The van der Waals surface area contributed by atoms with Crippen molar-refractivity contribution in [3.63, 3.8) is 0 Å². The third kappa shape index (κ3) is 3.09. The number of anilines is 1. The van der Waals surface area contributed by atoms with Crippen molar-refractivity contribution in [3.05, 3.63) is 29.8 Å². The summed E-state index contributed by atoms with van der Waals surface area (Å²) in [6.07, 6.45) is 6.11. The molecule has 2 nitrogen and oxygen atoms in total. The van der Waals surface area contributed by atoms with Gasteiger partial charge in [-0.15, -0.1) is 0 Å². The van der Waals surface area contributed by atoms with E-state index >= 15 is 0 Å². The third-order valence-corrected chi connectivity index (χ3v) is 3.38. The van der Waals surface area contributed by atoms with Crippen molar-refractivity contribution in [2.24, 2.45) is 5.92 Å². The molecule has 2 heteroatoms. The molecule has 0 atom stereocenters. The highest BCUT2D eigenvalue weighted by atomic mass is 16.1. The molecule has 2 N–H and O–H groups in total. The van der Waals surface area contributed by atoms with Gasteiger partial charge in [0, 0.05) is 18.5 Å². The molecule has 1 saturated carbocycles. The quantitative estimate of drug-likeness (QED) is 0.770. The van der Waals surface area contributed by atoms with Crippen LogP contribution in [-0.4, -0.2) is 5.78 Å².